The number of phosphoric acid groups is 1. The first-order chi connectivity index (χ1) is 7.32. The third-order valence-corrected chi connectivity index (χ3v) is 3.45. The Morgan fingerprint density at radius 2 is 2.19 bits per heavy atom. The number of ether oxygens (including phenoxy) is 1. The van der Waals surface area contributed by atoms with Crippen LogP contribution in [0.15, 0.2) is 0 Å². The van der Waals surface area contributed by atoms with Gasteiger partial charge in [-0.3, -0.25) is 9.05 Å². The summed E-state index contributed by atoms with van der Waals surface area (Å²) >= 11 is 0. The standard InChI is InChI=1S/C9H19O6P/c1-6(2)15-16(11,12)14-5-8-9(10)7(3)4-13-8/h6-10H,4-5H2,1-3H3,(H,11,12). The molecule has 0 aliphatic carbocycles. The summed E-state index contributed by atoms with van der Waals surface area (Å²) in [5.41, 5.74) is 0. The van der Waals surface area contributed by atoms with Crippen LogP contribution in [0.25, 0.3) is 0 Å². The number of aliphatic hydroxyl groups excluding tert-OH is 1. The summed E-state index contributed by atoms with van der Waals surface area (Å²) in [7, 11) is -4.04. The van der Waals surface area contributed by atoms with Gasteiger partial charge in [-0.25, -0.2) is 4.57 Å². The highest BCUT2D eigenvalue weighted by molar-refractivity contribution is 7.47. The second kappa shape index (κ2) is 5.58. The molecule has 0 bridgehead atoms. The zero-order valence-corrected chi connectivity index (χ0v) is 10.6. The van der Waals surface area contributed by atoms with Crippen molar-refractivity contribution in [3.05, 3.63) is 0 Å². The normalized spacial score (nSPS) is 34.2. The first-order valence-corrected chi connectivity index (χ1v) is 6.77. The number of hydrogen-bond acceptors (Lipinski definition) is 5. The minimum atomic E-state index is -4.04. The van der Waals surface area contributed by atoms with Gasteiger partial charge in [0.25, 0.3) is 0 Å². The van der Waals surface area contributed by atoms with E-state index in [1.807, 2.05) is 6.92 Å². The largest absolute Gasteiger partial charge is 0.472 e. The molecule has 4 atom stereocenters. The van der Waals surface area contributed by atoms with Gasteiger partial charge in [-0.05, 0) is 13.8 Å². The van der Waals surface area contributed by atoms with Crippen molar-refractivity contribution < 1.29 is 28.3 Å². The highest BCUT2D eigenvalue weighted by atomic mass is 31.2. The number of hydrogen-bond donors (Lipinski definition) is 2. The van der Waals surface area contributed by atoms with E-state index in [2.05, 4.69) is 0 Å². The van der Waals surface area contributed by atoms with Gasteiger partial charge < -0.3 is 14.7 Å². The van der Waals surface area contributed by atoms with Crippen LogP contribution in [-0.4, -0.2) is 41.5 Å². The Balaban J connectivity index is 2.37. The van der Waals surface area contributed by atoms with Gasteiger partial charge in [-0.15, -0.1) is 0 Å². The average Bonchev–Trinajstić information content (AvgIpc) is 2.43. The fraction of sp³-hybridized carbons (Fsp3) is 1.00. The predicted octanol–water partition coefficient (Wildman–Crippen LogP) is 0.924. The predicted molar refractivity (Wildman–Crippen MR) is 56.9 cm³/mol. The van der Waals surface area contributed by atoms with Crippen molar-refractivity contribution in [2.45, 2.75) is 39.1 Å². The molecule has 1 heterocycles. The Morgan fingerprint density at radius 1 is 1.56 bits per heavy atom. The van der Waals surface area contributed by atoms with Crippen molar-refractivity contribution in [1.82, 2.24) is 0 Å². The van der Waals surface area contributed by atoms with Crippen LogP contribution in [0.4, 0.5) is 0 Å². The summed E-state index contributed by atoms with van der Waals surface area (Å²) in [4.78, 5) is 9.27. The number of aliphatic hydroxyl groups is 1. The smallest absolute Gasteiger partial charge is 0.390 e. The van der Waals surface area contributed by atoms with Gasteiger partial charge in [0.05, 0.1) is 25.4 Å². The van der Waals surface area contributed by atoms with Gasteiger partial charge in [0, 0.05) is 5.92 Å². The van der Waals surface area contributed by atoms with Crippen molar-refractivity contribution in [3.63, 3.8) is 0 Å². The fourth-order valence-electron chi connectivity index (χ4n) is 1.45. The van der Waals surface area contributed by atoms with Crippen molar-refractivity contribution in [2.75, 3.05) is 13.2 Å². The molecular weight excluding hydrogens is 235 g/mol. The van der Waals surface area contributed by atoms with Crippen LogP contribution in [0.2, 0.25) is 0 Å². The van der Waals surface area contributed by atoms with E-state index < -0.39 is 26.1 Å². The van der Waals surface area contributed by atoms with E-state index in [0.29, 0.717) is 6.61 Å². The Hall–Kier alpha value is 0.0300. The molecule has 0 aromatic rings. The van der Waals surface area contributed by atoms with Crippen LogP contribution >= 0.6 is 7.82 Å². The lowest BCUT2D eigenvalue weighted by Gasteiger charge is -2.18. The van der Waals surface area contributed by atoms with E-state index in [9.17, 15) is 14.6 Å². The van der Waals surface area contributed by atoms with Crippen LogP contribution in [0.1, 0.15) is 20.8 Å². The van der Waals surface area contributed by atoms with E-state index in [1.54, 1.807) is 13.8 Å². The van der Waals surface area contributed by atoms with Crippen LogP contribution in [-0.2, 0) is 18.3 Å². The minimum Gasteiger partial charge on any atom is -0.390 e. The highest BCUT2D eigenvalue weighted by Crippen LogP contribution is 2.45. The van der Waals surface area contributed by atoms with Crippen LogP contribution < -0.4 is 0 Å². The molecule has 7 heteroatoms. The molecule has 2 N–H and O–H groups in total. The summed E-state index contributed by atoms with van der Waals surface area (Å²) in [6.07, 6.45) is -1.63. The molecule has 0 aromatic carbocycles. The van der Waals surface area contributed by atoms with E-state index in [-0.39, 0.29) is 12.5 Å². The molecule has 0 amide bonds. The molecule has 1 aliphatic rings. The minimum absolute atomic E-state index is 0.0118. The monoisotopic (exact) mass is 254 g/mol. The summed E-state index contributed by atoms with van der Waals surface area (Å²) in [6, 6.07) is 0. The second-order valence-electron chi connectivity index (χ2n) is 4.26. The maximum absolute atomic E-state index is 11.3. The van der Waals surface area contributed by atoms with Crippen LogP contribution in [0.5, 0.6) is 0 Å². The molecule has 0 spiro atoms. The molecule has 4 unspecified atom stereocenters. The van der Waals surface area contributed by atoms with Crippen molar-refractivity contribution >= 4 is 7.82 Å². The molecule has 1 fully saturated rings. The first-order valence-electron chi connectivity index (χ1n) is 5.27. The Morgan fingerprint density at radius 3 is 2.62 bits per heavy atom. The third kappa shape index (κ3) is 4.13. The van der Waals surface area contributed by atoms with Crippen molar-refractivity contribution in [1.29, 1.82) is 0 Å². The van der Waals surface area contributed by atoms with Gasteiger partial charge in [0.1, 0.15) is 6.10 Å². The molecule has 0 aromatic heterocycles. The molecule has 1 aliphatic heterocycles. The van der Waals surface area contributed by atoms with Crippen LogP contribution in [0.3, 0.4) is 0 Å². The SMILES string of the molecule is CC(C)OP(=O)(O)OCC1OCC(C)C1O. The Labute approximate surface area is 95.1 Å². The summed E-state index contributed by atoms with van der Waals surface area (Å²) < 4.78 is 26.0. The third-order valence-electron chi connectivity index (χ3n) is 2.28. The zero-order valence-electron chi connectivity index (χ0n) is 9.70. The molecule has 6 nitrogen and oxygen atoms in total. The lowest BCUT2D eigenvalue weighted by molar-refractivity contribution is -0.00343. The van der Waals surface area contributed by atoms with Gasteiger partial charge >= 0.3 is 7.82 Å². The molecular formula is C9H19O6P. The molecule has 0 saturated carbocycles. The molecule has 1 saturated heterocycles. The van der Waals surface area contributed by atoms with E-state index in [4.69, 9.17) is 13.8 Å². The summed E-state index contributed by atoms with van der Waals surface area (Å²) in [5.74, 6) is 0.0118. The van der Waals surface area contributed by atoms with Gasteiger partial charge in [-0.2, -0.15) is 0 Å². The quantitative estimate of drug-likeness (QED) is 0.710. The lowest BCUT2D eigenvalue weighted by atomic mass is 10.1. The van der Waals surface area contributed by atoms with Gasteiger partial charge in [0.2, 0.25) is 0 Å². The lowest BCUT2D eigenvalue weighted by Crippen LogP contribution is -2.29. The zero-order chi connectivity index (χ0) is 12.3. The number of rotatable bonds is 5. The Bertz CT molecular complexity index is 269. The molecule has 1 rings (SSSR count). The first kappa shape index (κ1) is 14.1. The van der Waals surface area contributed by atoms with Crippen molar-refractivity contribution in [3.8, 4) is 0 Å². The van der Waals surface area contributed by atoms with Crippen LogP contribution in [0, 0.1) is 5.92 Å². The van der Waals surface area contributed by atoms with E-state index in [1.165, 1.54) is 0 Å². The highest BCUT2D eigenvalue weighted by Gasteiger charge is 2.35. The fourth-order valence-corrected chi connectivity index (χ4v) is 2.38. The van der Waals surface area contributed by atoms with E-state index in [0.717, 1.165) is 0 Å². The average molecular weight is 254 g/mol. The Kier molecular flexibility index (Phi) is 4.91. The maximum Gasteiger partial charge on any atom is 0.472 e. The summed E-state index contributed by atoms with van der Waals surface area (Å²) in [5, 5.41) is 9.62. The van der Waals surface area contributed by atoms with E-state index >= 15 is 0 Å². The van der Waals surface area contributed by atoms with Gasteiger partial charge in [-0.1, -0.05) is 6.92 Å². The number of phosphoric ester groups is 1. The summed E-state index contributed by atoms with van der Waals surface area (Å²) in [6.45, 7) is 5.39. The molecule has 16 heavy (non-hydrogen) atoms. The molecule has 96 valence electrons. The topological polar surface area (TPSA) is 85.2 Å². The molecule has 0 radical (unpaired) electrons. The van der Waals surface area contributed by atoms with Gasteiger partial charge in [0.15, 0.2) is 0 Å². The maximum atomic E-state index is 11.3. The van der Waals surface area contributed by atoms with Crippen molar-refractivity contribution in [2.24, 2.45) is 5.92 Å². The second-order valence-corrected chi connectivity index (χ2v) is 5.66.